The van der Waals surface area contributed by atoms with Crippen molar-refractivity contribution in [2.75, 3.05) is 19.8 Å². The van der Waals surface area contributed by atoms with Crippen LogP contribution in [0.2, 0.25) is 0 Å². The van der Waals surface area contributed by atoms with Crippen molar-refractivity contribution in [3.63, 3.8) is 0 Å². The molecule has 2 aromatic rings. The first-order valence-corrected chi connectivity index (χ1v) is 12.1. The van der Waals surface area contributed by atoms with Crippen molar-refractivity contribution in [1.29, 1.82) is 0 Å². The molecule has 0 N–H and O–H groups in total. The summed E-state index contributed by atoms with van der Waals surface area (Å²) in [5.41, 5.74) is 2.73. The molecule has 0 atom stereocenters. The van der Waals surface area contributed by atoms with Crippen LogP contribution in [0.1, 0.15) is 38.8 Å². The largest absolute Gasteiger partial charge is 0.490 e. The zero-order valence-corrected chi connectivity index (χ0v) is 21.0. The minimum absolute atomic E-state index is 0.0345. The fourth-order valence-corrected chi connectivity index (χ4v) is 4.36. The van der Waals surface area contributed by atoms with Crippen LogP contribution in [0.15, 0.2) is 52.4 Å². The van der Waals surface area contributed by atoms with E-state index < -0.39 is 5.97 Å². The zero-order valence-electron chi connectivity index (χ0n) is 20.2. The van der Waals surface area contributed by atoms with Gasteiger partial charge < -0.3 is 14.2 Å². The number of amidine groups is 1. The Morgan fingerprint density at radius 1 is 1.06 bits per heavy atom. The Hall–Kier alpha value is -3.26. The van der Waals surface area contributed by atoms with Gasteiger partial charge in [0.1, 0.15) is 0 Å². The lowest BCUT2D eigenvalue weighted by atomic mass is 10.1. The fourth-order valence-electron chi connectivity index (χ4n) is 3.24. The molecule has 180 valence electrons. The van der Waals surface area contributed by atoms with Crippen molar-refractivity contribution in [3.8, 4) is 11.5 Å². The van der Waals surface area contributed by atoms with Crippen molar-refractivity contribution < 1.29 is 23.8 Å². The van der Waals surface area contributed by atoms with Crippen LogP contribution in [0, 0.1) is 6.92 Å². The Morgan fingerprint density at radius 3 is 2.44 bits per heavy atom. The third-order valence-corrected chi connectivity index (χ3v) is 5.81. The summed E-state index contributed by atoms with van der Waals surface area (Å²) in [6.07, 6.45) is 1.82. The smallest absolute Gasteiger partial charge is 0.344 e. The number of aliphatic imine (C=N–C) groups is 1. The SMILES string of the molecule is CCOC(=O)COc1ccc(/C=C2/SC(=Nc3ccc(C)cc3)N(C(C)C)C2=O)cc1OCC. The number of rotatable bonds is 9. The topological polar surface area (TPSA) is 77.4 Å². The molecular formula is C26H30N2O5S. The van der Waals surface area contributed by atoms with Crippen LogP contribution < -0.4 is 9.47 Å². The number of carbonyl (C=O) groups is 2. The summed E-state index contributed by atoms with van der Waals surface area (Å²) in [4.78, 5) is 31.8. The second kappa shape index (κ2) is 11.7. The number of nitrogens with zero attached hydrogens (tertiary/aromatic N) is 2. The van der Waals surface area contributed by atoms with E-state index in [1.807, 2.05) is 64.1 Å². The molecule has 1 saturated heterocycles. The molecule has 1 amide bonds. The summed E-state index contributed by atoms with van der Waals surface area (Å²) in [6, 6.07) is 13.2. The van der Waals surface area contributed by atoms with Gasteiger partial charge in [-0.25, -0.2) is 9.79 Å². The number of ether oxygens (including phenoxy) is 3. The lowest BCUT2D eigenvalue weighted by molar-refractivity contribution is -0.145. The second-order valence-corrected chi connectivity index (χ2v) is 8.85. The Balaban J connectivity index is 1.87. The average Bonchev–Trinajstić information content (AvgIpc) is 3.10. The molecule has 0 aromatic heterocycles. The standard InChI is InChI=1S/C26H30N2O5S/c1-6-31-22-14-19(10-13-21(22)33-16-24(29)32-7-2)15-23-25(30)28(17(3)4)26(34-23)27-20-11-8-18(5)9-12-20/h8-15,17H,6-7,16H2,1-5H3/b23-15+,27-26?. The predicted octanol–water partition coefficient (Wildman–Crippen LogP) is 5.35. The number of esters is 1. The molecule has 0 bridgehead atoms. The maximum absolute atomic E-state index is 13.2. The van der Waals surface area contributed by atoms with Gasteiger partial charge in [0.15, 0.2) is 23.3 Å². The Morgan fingerprint density at radius 2 is 1.79 bits per heavy atom. The van der Waals surface area contributed by atoms with Gasteiger partial charge in [-0.15, -0.1) is 0 Å². The van der Waals surface area contributed by atoms with Crippen LogP contribution in [0.4, 0.5) is 5.69 Å². The Kier molecular flexibility index (Phi) is 8.76. The highest BCUT2D eigenvalue weighted by atomic mass is 32.2. The average molecular weight is 483 g/mol. The van der Waals surface area contributed by atoms with E-state index in [4.69, 9.17) is 19.2 Å². The number of hydrogen-bond donors (Lipinski definition) is 0. The van der Waals surface area contributed by atoms with Gasteiger partial charge in [-0.3, -0.25) is 9.69 Å². The van der Waals surface area contributed by atoms with Gasteiger partial charge in [-0.1, -0.05) is 23.8 Å². The van der Waals surface area contributed by atoms with Crippen LogP contribution in [-0.2, 0) is 14.3 Å². The molecule has 0 unspecified atom stereocenters. The summed E-state index contributed by atoms with van der Waals surface area (Å²) >= 11 is 1.35. The summed E-state index contributed by atoms with van der Waals surface area (Å²) in [5, 5.41) is 0.648. The number of benzene rings is 2. The lowest BCUT2D eigenvalue weighted by Crippen LogP contribution is -2.35. The highest BCUT2D eigenvalue weighted by Gasteiger charge is 2.35. The first kappa shape index (κ1) is 25.4. The van der Waals surface area contributed by atoms with E-state index in [0.717, 1.165) is 16.8 Å². The molecule has 1 aliphatic rings. The van der Waals surface area contributed by atoms with E-state index in [-0.39, 0.29) is 18.6 Å². The fraction of sp³-hybridized carbons (Fsp3) is 0.346. The maximum Gasteiger partial charge on any atom is 0.344 e. The summed E-state index contributed by atoms with van der Waals surface area (Å²) in [7, 11) is 0. The van der Waals surface area contributed by atoms with Crippen LogP contribution in [0.5, 0.6) is 11.5 Å². The minimum Gasteiger partial charge on any atom is -0.490 e. The van der Waals surface area contributed by atoms with Gasteiger partial charge in [-0.2, -0.15) is 0 Å². The molecule has 34 heavy (non-hydrogen) atoms. The van der Waals surface area contributed by atoms with E-state index >= 15 is 0 Å². The monoisotopic (exact) mass is 482 g/mol. The highest BCUT2D eigenvalue weighted by molar-refractivity contribution is 8.18. The van der Waals surface area contributed by atoms with Crippen molar-refractivity contribution in [3.05, 3.63) is 58.5 Å². The molecule has 0 aliphatic carbocycles. The third-order valence-electron chi connectivity index (χ3n) is 4.83. The highest BCUT2D eigenvalue weighted by Crippen LogP contribution is 2.37. The number of carbonyl (C=O) groups excluding carboxylic acids is 2. The second-order valence-electron chi connectivity index (χ2n) is 7.84. The Bertz CT molecular complexity index is 1090. The summed E-state index contributed by atoms with van der Waals surface area (Å²) in [5.74, 6) is 0.392. The molecular weight excluding hydrogens is 452 g/mol. The van der Waals surface area contributed by atoms with E-state index in [0.29, 0.717) is 34.8 Å². The number of thioether (sulfide) groups is 1. The quantitative estimate of drug-likeness (QED) is 0.354. The summed E-state index contributed by atoms with van der Waals surface area (Å²) < 4.78 is 16.2. The molecule has 7 nitrogen and oxygen atoms in total. The van der Waals surface area contributed by atoms with Crippen LogP contribution in [0.25, 0.3) is 6.08 Å². The van der Waals surface area contributed by atoms with Crippen molar-refractivity contribution in [2.24, 2.45) is 4.99 Å². The molecule has 1 aliphatic heterocycles. The van der Waals surface area contributed by atoms with Crippen LogP contribution in [0.3, 0.4) is 0 Å². The van der Waals surface area contributed by atoms with E-state index in [1.54, 1.807) is 24.0 Å². The number of hydrogen-bond acceptors (Lipinski definition) is 7. The van der Waals surface area contributed by atoms with Gasteiger partial charge in [-0.05, 0) is 82.3 Å². The van der Waals surface area contributed by atoms with Gasteiger partial charge in [0.2, 0.25) is 0 Å². The van der Waals surface area contributed by atoms with Gasteiger partial charge in [0, 0.05) is 6.04 Å². The van der Waals surface area contributed by atoms with E-state index in [2.05, 4.69) is 0 Å². The van der Waals surface area contributed by atoms with Crippen molar-refractivity contribution in [2.45, 2.75) is 40.7 Å². The van der Waals surface area contributed by atoms with E-state index in [1.165, 1.54) is 11.8 Å². The molecule has 0 saturated carbocycles. The summed E-state index contributed by atoms with van der Waals surface area (Å²) in [6.45, 7) is 10.1. The minimum atomic E-state index is -0.446. The Labute approximate surface area is 204 Å². The molecule has 0 radical (unpaired) electrons. The number of amides is 1. The van der Waals surface area contributed by atoms with Gasteiger partial charge in [0.05, 0.1) is 23.8 Å². The van der Waals surface area contributed by atoms with Crippen molar-refractivity contribution in [1.82, 2.24) is 4.90 Å². The van der Waals surface area contributed by atoms with Crippen LogP contribution in [-0.4, -0.2) is 47.8 Å². The molecule has 1 heterocycles. The van der Waals surface area contributed by atoms with Crippen LogP contribution >= 0.6 is 11.8 Å². The molecule has 0 spiro atoms. The van der Waals surface area contributed by atoms with Crippen molar-refractivity contribution >= 4 is 40.6 Å². The molecule has 8 heteroatoms. The maximum atomic E-state index is 13.2. The first-order chi connectivity index (χ1) is 16.3. The molecule has 1 fully saturated rings. The lowest BCUT2D eigenvalue weighted by Gasteiger charge is -2.19. The van der Waals surface area contributed by atoms with E-state index in [9.17, 15) is 9.59 Å². The zero-order chi connectivity index (χ0) is 24.7. The normalized spacial score (nSPS) is 15.9. The molecule has 2 aromatic carbocycles. The first-order valence-electron chi connectivity index (χ1n) is 11.3. The predicted molar refractivity (Wildman–Crippen MR) is 136 cm³/mol. The third kappa shape index (κ3) is 6.41. The van der Waals surface area contributed by atoms with Gasteiger partial charge in [0.25, 0.3) is 5.91 Å². The molecule has 3 rings (SSSR count). The number of aryl methyl sites for hydroxylation is 1. The van der Waals surface area contributed by atoms with Gasteiger partial charge >= 0.3 is 5.97 Å².